The van der Waals surface area contributed by atoms with Gasteiger partial charge in [-0.15, -0.1) is 0 Å². The molecule has 1 fully saturated rings. The van der Waals surface area contributed by atoms with Crippen molar-refractivity contribution in [3.8, 4) is 11.8 Å². The molecular formula is C28H28ClN7O3S. The van der Waals surface area contributed by atoms with Crippen molar-refractivity contribution in [1.82, 2.24) is 24.6 Å². The number of amides is 1. The van der Waals surface area contributed by atoms with Crippen LogP contribution in [0.15, 0.2) is 52.5 Å². The highest BCUT2D eigenvalue weighted by atomic mass is 35.5. The van der Waals surface area contributed by atoms with Crippen LogP contribution in [-0.4, -0.2) is 68.3 Å². The number of carbonyl (C=O) groups excluding carboxylic acids is 1. The second-order valence-electron chi connectivity index (χ2n) is 10.4. The molecule has 0 radical (unpaired) electrons. The monoisotopic (exact) mass is 577 g/mol. The lowest BCUT2D eigenvalue weighted by Crippen LogP contribution is -2.56. The maximum absolute atomic E-state index is 13.9. The number of hydrogen-bond donors (Lipinski definition) is 0. The molecule has 40 heavy (non-hydrogen) atoms. The molecule has 1 saturated heterocycles. The van der Waals surface area contributed by atoms with Crippen molar-refractivity contribution in [2.45, 2.75) is 44.0 Å². The minimum Gasteiger partial charge on any atom is -0.444 e. The van der Waals surface area contributed by atoms with Gasteiger partial charge in [0.1, 0.15) is 16.9 Å². The van der Waals surface area contributed by atoms with Crippen molar-refractivity contribution >= 4 is 56.9 Å². The minimum absolute atomic E-state index is 0.126. The Morgan fingerprint density at radius 2 is 1.95 bits per heavy atom. The number of fused-ring (bicyclic) bond motifs is 2. The third-order valence-electron chi connectivity index (χ3n) is 6.58. The van der Waals surface area contributed by atoms with E-state index in [0.29, 0.717) is 46.7 Å². The van der Waals surface area contributed by atoms with Gasteiger partial charge in [-0.2, -0.15) is 15.0 Å². The normalized spacial score (nSPS) is 15.8. The Balaban J connectivity index is 1.58. The first-order valence-electron chi connectivity index (χ1n) is 12.7. The van der Waals surface area contributed by atoms with E-state index in [9.17, 15) is 14.9 Å². The van der Waals surface area contributed by atoms with E-state index in [1.54, 1.807) is 23.2 Å². The molecule has 4 aromatic rings. The standard InChI is InChI=1S/C28H28ClN7O3S/c1-28(2,3)39-27(38)35-14-13-34(16-18(35)11-12-30)24-19-15-31-36(25(37)23(19)32-26(33-24)40-4)21-10-6-8-17-7-5-9-20(29)22(17)21/h5-10,15,18H,11,13-14,16H2,1-4H3. The largest absolute Gasteiger partial charge is 0.444 e. The van der Waals surface area contributed by atoms with Crippen LogP contribution in [0.5, 0.6) is 0 Å². The number of nitrogens with zero attached hydrogens (tertiary/aromatic N) is 7. The molecule has 0 N–H and O–H groups in total. The lowest BCUT2D eigenvalue weighted by Gasteiger charge is -2.41. The van der Waals surface area contributed by atoms with Crippen molar-refractivity contribution in [3.63, 3.8) is 0 Å². The van der Waals surface area contributed by atoms with E-state index in [2.05, 4.69) is 16.2 Å². The van der Waals surface area contributed by atoms with Crippen LogP contribution in [0.2, 0.25) is 5.02 Å². The molecule has 1 aliphatic rings. The summed E-state index contributed by atoms with van der Waals surface area (Å²) in [5.74, 6) is 0.536. The van der Waals surface area contributed by atoms with E-state index in [1.165, 1.54) is 16.4 Å². The summed E-state index contributed by atoms with van der Waals surface area (Å²) in [6.07, 6.45) is 3.10. The van der Waals surface area contributed by atoms with Crippen molar-refractivity contribution in [2.75, 3.05) is 30.8 Å². The molecule has 206 valence electrons. The Morgan fingerprint density at radius 1 is 1.20 bits per heavy atom. The number of hydrogen-bond acceptors (Lipinski definition) is 9. The molecular weight excluding hydrogens is 550 g/mol. The van der Waals surface area contributed by atoms with Gasteiger partial charge in [0.15, 0.2) is 5.16 Å². The highest BCUT2D eigenvalue weighted by Gasteiger charge is 2.34. The lowest BCUT2D eigenvalue weighted by atomic mass is 10.1. The van der Waals surface area contributed by atoms with Gasteiger partial charge in [0, 0.05) is 25.0 Å². The summed E-state index contributed by atoms with van der Waals surface area (Å²) in [6, 6.07) is 12.9. The molecule has 3 heterocycles. The van der Waals surface area contributed by atoms with Crippen LogP contribution in [0, 0.1) is 11.3 Å². The van der Waals surface area contributed by atoms with Gasteiger partial charge in [-0.25, -0.2) is 14.8 Å². The number of ether oxygens (including phenoxy) is 1. The minimum atomic E-state index is -0.651. The van der Waals surface area contributed by atoms with Gasteiger partial charge in [0.05, 0.1) is 40.8 Å². The van der Waals surface area contributed by atoms with E-state index < -0.39 is 23.3 Å². The molecule has 1 unspecified atom stereocenters. The first-order chi connectivity index (χ1) is 19.1. The lowest BCUT2D eigenvalue weighted by molar-refractivity contribution is 0.0145. The second-order valence-corrected chi connectivity index (χ2v) is 11.6. The van der Waals surface area contributed by atoms with Crippen LogP contribution in [0.3, 0.4) is 0 Å². The molecule has 0 aliphatic carbocycles. The molecule has 1 atom stereocenters. The molecule has 0 saturated carbocycles. The number of nitriles is 1. The zero-order valence-corrected chi connectivity index (χ0v) is 24.2. The maximum atomic E-state index is 13.9. The first-order valence-corrected chi connectivity index (χ1v) is 14.3. The SMILES string of the molecule is CSc1nc(N2CCN(C(=O)OC(C)(C)C)C(CC#N)C2)c2cnn(-c3cccc4cccc(Cl)c34)c(=O)c2n1. The second kappa shape index (κ2) is 10.9. The maximum Gasteiger partial charge on any atom is 0.410 e. The predicted octanol–water partition coefficient (Wildman–Crippen LogP) is 5.04. The fourth-order valence-electron chi connectivity index (χ4n) is 4.83. The summed E-state index contributed by atoms with van der Waals surface area (Å²) in [7, 11) is 0. The summed E-state index contributed by atoms with van der Waals surface area (Å²) in [6.45, 7) is 6.54. The average Bonchev–Trinajstić information content (AvgIpc) is 2.92. The molecule has 2 aromatic carbocycles. The van der Waals surface area contributed by atoms with E-state index in [4.69, 9.17) is 21.3 Å². The van der Waals surface area contributed by atoms with E-state index >= 15 is 0 Å². The van der Waals surface area contributed by atoms with Crippen LogP contribution in [0.25, 0.3) is 27.4 Å². The molecule has 2 aromatic heterocycles. The molecule has 10 nitrogen and oxygen atoms in total. The molecule has 0 spiro atoms. The summed E-state index contributed by atoms with van der Waals surface area (Å²) in [5.41, 5.74) is -0.271. The number of benzene rings is 2. The van der Waals surface area contributed by atoms with Crippen molar-refractivity contribution in [3.05, 3.63) is 58.0 Å². The van der Waals surface area contributed by atoms with Crippen LogP contribution >= 0.6 is 23.4 Å². The Kier molecular flexibility index (Phi) is 7.57. The van der Waals surface area contributed by atoms with Gasteiger partial charge in [0.25, 0.3) is 5.56 Å². The highest BCUT2D eigenvalue weighted by Crippen LogP contribution is 2.31. The number of piperazine rings is 1. The Bertz CT molecular complexity index is 1710. The zero-order chi connectivity index (χ0) is 28.6. The van der Waals surface area contributed by atoms with Crippen LogP contribution in [0.4, 0.5) is 10.6 Å². The van der Waals surface area contributed by atoms with Gasteiger partial charge >= 0.3 is 6.09 Å². The summed E-state index contributed by atoms with van der Waals surface area (Å²) in [5, 5.41) is 17.0. The van der Waals surface area contributed by atoms with Crippen molar-refractivity contribution < 1.29 is 9.53 Å². The fraction of sp³-hybridized carbons (Fsp3) is 0.357. The zero-order valence-electron chi connectivity index (χ0n) is 22.6. The molecule has 12 heteroatoms. The quantitative estimate of drug-likeness (QED) is 0.243. The Hall–Kier alpha value is -3.88. The van der Waals surface area contributed by atoms with E-state index in [0.717, 1.165) is 10.8 Å². The topological polar surface area (TPSA) is 117 Å². The highest BCUT2D eigenvalue weighted by molar-refractivity contribution is 7.98. The molecule has 1 aliphatic heterocycles. The number of rotatable bonds is 4. The number of aromatic nitrogens is 4. The third kappa shape index (κ3) is 5.29. The van der Waals surface area contributed by atoms with Crippen LogP contribution in [0.1, 0.15) is 27.2 Å². The van der Waals surface area contributed by atoms with Crippen molar-refractivity contribution in [2.24, 2.45) is 0 Å². The third-order valence-corrected chi connectivity index (χ3v) is 7.44. The van der Waals surface area contributed by atoms with E-state index in [1.807, 2.05) is 56.2 Å². The molecule has 0 bridgehead atoms. The van der Waals surface area contributed by atoms with Gasteiger partial charge in [0.2, 0.25) is 0 Å². The summed E-state index contributed by atoms with van der Waals surface area (Å²) >= 11 is 7.85. The number of thioether (sulfide) groups is 1. The Morgan fingerprint density at radius 3 is 2.65 bits per heavy atom. The van der Waals surface area contributed by atoms with Gasteiger partial charge in [-0.1, -0.05) is 47.6 Å². The van der Waals surface area contributed by atoms with Crippen molar-refractivity contribution in [1.29, 1.82) is 5.26 Å². The van der Waals surface area contributed by atoms with Crippen LogP contribution < -0.4 is 10.5 Å². The molecule has 5 rings (SSSR count). The Labute approximate surface area is 240 Å². The predicted molar refractivity (Wildman–Crippen MR) is 156 cm³/mol. The number of halogens is 1. The van der Waals surface area contributed by atoms with Gasteiger partial charge < -0.3 is 14.5 Å². The van der Waals surface area contributed by atoms with Gasteiger partial charge in [-0.05, 0) is 44.5 Å². The number of anilines is 1. The first kappa shape index (κ1) is 27.7. The number of carbonyl (C=O) groups is 1. The van der Waals surface area contributed by atoms with Crippen LogP contribution in [-0.2, 0) is 4.74 Å². The smallest absolute Gasteiger partial charge is 0.410 e. The average molecular weight is 578 g/mol. The van der Waals surface area contributed by atoms with E-state index in [-0.39, 0.29) is 11.9 Å². The van der Waals surface area contributed by atoms with Gasteiger partial charge in [-0.3, -0.25) is 4.79 Å². The molecule has 1 amide bonds. The summed E-state index contributed by atoms with van der Waals surface area (Å²) < 4.78 is 6.89. The summed E-state index contributed by atoms with van der Waals surface area (Å²) in [4.78, 5) is 39.6. The fourth-order valence-corrected chi connectivity index (χ4v) is 5.47.